The molecule has 1 aliphatic heterocycles. The van der Waals surface area contributed by atoms with Gasteiger partial charge >= 0.3 is 0 Å². The van der Waals surface area contributed by atoms with Gasteiger partial charge in [-0.3, -0.25) is 14.5 Å². The van der Waals surface area contributed by atoms with Gasteiger partial charge in [0.2, 0.25) is 0 Å². The Bertz CT molecular complexity index is 745. The van der Waals surface area contributed by atoms with E-state index in [0.29, 0.717) is 0 Å². The van der Waals surface area contributed by atoms with Gasteiger partial charge in [-0.05, 0) is 12.1 Å². The van der Waals surface area contributed by atoms with Crippen molar-refractivity contribution < 1.29 is 4.52 Å². The number of hydrogen-bond acceptors (Lipinski definition) is 6. The highest BCUT2D eigenvalue weighted by Gasteiger charge is 2.19. The minimum absolute atomic E-state index is 0.855. The third-order valence-electron chi connectivity index (χ3n) is 4.41. The molecule has 1 aromatic carbocycles. The van der Waals surface area contributed by atoms with E-state index < -0.39 is 0 Å². The molecule has 1 fully saturated rings. The second-order valence-electron chi connectivity index (χ2n) is 5.91. The van der Waals surface area contributed by atoms with E-state index >= 15 is 0 Å². The molecule has 1 aliphatic rings. The Kier molecular flexibility index (Phi) is 4.04. The van der Waals surface area contributed by atoms with E-state index in [2.05, 4.69) is 31.3 Å². The van der Waals surface area contributed by atoms with Gasteiger partial charge in [0.1, 0.15) is 5.69 Å². The van der Waals surface area contributed by atoms with Gasteiger partial charge in [-0.25, -0.2) is 0 Å². The maximum Gasteiger partial charge on any atom is 0.167 e. The van der Waals surface area contributed by atoms with Crippen molar-refractivity contribution in [3.8, 4) is 0 Å². The molecule has 4 rings (SSSR count). The molecule has 23 heavy (non-hydrogen) atoms. The second-order valence-corrected chi connectivity index (χ2v) is 5.91. The van der Waals surface area contributed by atoms with Crippen molar-refractivity contribution in [2.45, 2.75) is 13.1 Å². The Morgan fingerprint density at radius 3 is 2.65 bits per heavy atom. The van der Waals surface area contributed by atoms with Crippen molar-refractivity contribution in [1.82, 2.24) is 30.0 Å². The molecular weight excluding hydrogens is 292 g/mol. The van der Waals surface area contributed by atoms with Crippen LogP contribution in [0, 0.1) is 0 Å². The number of aromatic nitrogens is 4. The molecule has 120 valence electrons. The SMILES string of the molecule is c1ccc2c(CN3CCN(CCn4ccnn4)CC3)noc2c1. The van der Waals surface area contributed by atoms with Crippen molar-refractivity contribution in [3.05, 3.63) is 42.4 Å². The van der Waals surface area contributed by atoms with Crippen LogP contribution in [-0.4, -0.2) is 62.7 Å². The van der Waals surface area contributed by atoms with Crippen LogP contribution >= 0.6 is 0 Å². The fourth-order valence-electron chi connectivity index (χ4n) is 3.03. The molecule has 0 aliphatic carbocycles. The summed E-state index contributed by atoms with van der Waals surface area (Å²) in [4.78, 5) is 4.91. The summed E-state index contributed by atoms with van der Waals surface area (Å²) in [6.45, 7) is 7.03. The van der Waals surface area contributed by atoms with Crippen molar-refractivity contribution in [2.75, 3.05) is 32.7 Å². The molecule has 3 aromatic rings. The highest BCUT2D eigenvalue weighted by molar-refractivity contribution is 5.79. The topological polar surface area (TPSA) is 63.2 Å². The number of rotatable bonds is 5. The van der Waals surface area contributed by atoms with E-state index in [4.69, 9.17) is 4.52 Å². The van der Waals surface area contributed by atoms with Crippen LogP contribution in [-0.2, 0) is 13.1 Å². The Balaban J connectivity index is 1.29. The Hall–Kier alpha value is -2.25. The molecule has 1 saturated heterocycles. The first-order valence-electron chi connectivity index (χ1n) is 8.00. The first-order valence-corrected chi connectivity index (χ1v) is 8.00. The lowest BCUT2D eigenvalue weighted by atomic mass is 10.2. The molecule has 0 unspecified atom stereocenters. The quantitative estimate of drug-likeness (QED) is 0.706. The zero-order valence-electron chi connectivity index (χ0n) is 13.0. The molecule has 0 bridgehead atoms. The zero-order chi connectivity index (χ0) is 15.5. The van der Waals surface area contributed by atoms with Crippen LogP contribution in [0.3, 0.4) is 0 Å². The van der Waals surface area contributed by atoms with E-state index in [1.807, 2.05) is 29.1 Å². The molecule has 7 nitrogen and oxygen atoms in total. The van der Waals surface area contributed by atoms with Crippen LogP contribution in [0.5, 0.6) is 0 Å². The molecule has 0 N–H and O–H groups in total. The highest BCUT2D eigenvalue weighted by atomic mass is 16.5. The summed E-state index contributed by atoms with van der Waals surface area (Å²) >= 11 is 0. The largest absolute Gasteiger partial charge is 0.356 e. The van der Waals surface area contributed by atoms with E-state index in [1.165, 1.54) is 0 Å². The molecule has 0 atom stereocenters. The minimum atomic E-state index is 0.855. The average Bonchev–Trinajstić information content (AvgIpc) is 3.25. The van der Waals surface area contributed by atoms with Crippen molar-refractivity contribution in [3.63, 3.8) is 0 Å². The summed E-state index contributed by atoms with van der Waals surface area (Å²) in [6, 6.07) is 8.06. The molecular formula is C16H20N6O. The van der Waals surface area contributed by atoms with Crippen molar-refractivity contribution in [2.24, 2.45) is 0 Å². The van der Waals surface area contributed by atoms with Gasteiger partial charge in [0.15, 0.2) is 5.58 Å². The molecule has 0 radical (unpaired) electrons. The first kappa shape index (κ1) is 14.3. The van der Waals surface area contributed by atoms with Crippen molar-refractivity contribution in [1.29, 1.82) is 0 Å². The van der Waals surface area contributed by atoms with Crippen LogP contribution < -0.4 is 0 Å². The fourth-order valence-corrected chi connectivity index (χ4v) is 3.03. The van der Waals surface area contributed by atoms with Gasteiger partial charge in [0.25, 0.3) is 0 Å². The second kappa shape index (κ2) is 6.47. The third kappa shape index (κ3) is 3.25. The van der Waals surface area contributed by atoms with E-state index in [0.717, 1.165) is 62.5 Å². The number of piperazine rings is 1. The summed E-state index contributed by atoms with van der Waals surface area (Å²) in [5.41, 5.74) is 1.91. The van der Waals surface area contributed by atoms with E-state index in [1.54, 1.807) is 6.20 Å². The van der Waals surface area contributed by atoms with Gasteiger partial charge in [0.05, 0.1) is 12.7 Å². The Morgan fingerprint density at radius 2 is 1.83 bits per heavy atom. The molecule has 7 heteroatoms. The van der Waals surface area contributed by atoms with Crippen LogP contribution in [0.1, 0.15) is 5.69 Å². The summed E-state index contributed by atoms with van der Waals surface area (Å²) in [5, 5.41) is 13.2. The van der Waals surface area contributed by atoms with Crippen LogP contribution in [0.15, 0.2) is 41.2 Å². The lowest BCUT2D eigenvalue weighted by Crippen LogP contribution is -2.46. The van der Waals surface area contributed by atoms with E-state index in [9.17, 15) is 0 Å². The smallest absolute Gasteiger partial charge is 0.167 e. The number of fused-ring (bicyclic) bond motifs is 1. The summed E-state index contributed by atoms with van der Waals surface area (Å²) in [7, 11) is 0. The molecule has 0 amide bonds. The monoisotopic (exact) mass is 312 g/mol. The Morgan fingerprint density at radius 1 is 1.00 bits per heavy atom. The van der Waals surface area contributed by atoms with Crippen LogP contribution in [0.4, 0.5) is 0 Å². The van der Waals surface area contributed by atoms with Gasteiger partial charge in [-0.2, -0.15) is 0 Å². The summed E-state index contributed by atoms with van der Waals surface area (Å²) in [5.74, 6) is 0. The molecule has 2 aromatic heterocycles. The number of benzene rings is 1. The predicted octanol–water partition coefficient (Wildman–Crippen LogP) is 1.24. The maximum atomic E-state index is 5.39. The predicted molar refractivity (Wildman–Crippen MR) is 85.7 cm³/mol. The maximum absolute atomic E-state index is 5.39. The van der Waals surface area contributed by atoms with Crippen molar-refractivity contribution >= 4 is 11.0 Å². The van der Waals surface area contributed by atoms with Gasteiger partial charge in [-0.15, -0.1) is 5.10 Å². The first-order chi connectivity index (χ1) is 11.4. The number of hydrogen-bond donors (Lipinski definition) is 0. The standard InChI is InChI=1S/C16H20N6O/c1-2-4-16-14(3-1)15(18-23-16)13-21-9-7-20(8-10-21)11-12-22-6-5-17-19-22/h1-6H,7-13H2. The van der Waals surface area contributed by atoms with Gasteiger partial charge < -0.3 is 4.52 Å². The average molecular weight is 312 g/mol. The molecule has 3 heterocycles. The van der Waals surface area contributed by atoms with Gasteiger partial charge in [0, 0.05) is 50.9 Å². The Labute approximate surface area is 134 Å². The van der Waals surface area contributed by atoms with E-state index in [-0.39, 0.29) is 0 Å². The normalized spacial score (nSPS) is 17.0. The zero-order valence-corrected chi connectivity index (χ0v) is 13.0. The number of para-hydroxylation sites is 1. The molecule has 0 saturated carbocycles. The minimum Gasteiger partial charge on any atom is -0.356 e. The lowest BCUT2D eigenvalue weighted by Gasteiger charge is -2.34. The fraction of sp³-hybridized carbons (Fsp3) is 0.438. The lowest BCUT2D eigenvalue weighted by molar-refractivity contribution is 0.121. The highest BCUT2D eigenvalue weighted by Crippen LogP contribution is 2.19. The summed E-state index contributed by atoms with van der Waals surface area (Å²) in [6.07, 6.45) is 3.63. The van der Waals surface area contributed by atoms with Crippen LogP contribution in [0.2, 0.25) is 0 Å². The third-order valence-corrected chi connectivity index (χ3v) is 4.41. The summed E-state index contributed by atoms with van der Waals surface area (Å²) < 4.78 is 7.27. The van der Waals surface area contributed by atoms with Gasteiger partial charge in [-0.1, -0.05) is 22.5 Å². The number of nitrogens with zero attached hydrogens (tertiary/aromatic N) is 6. The molecule has 0 spiro atoms. The van der Waals surface area contributed by atoms with Crippen LogP contribution in [0.25, 0.3) is 11.0 Å².